The zero-order valence-electron chi connectivity index (χ0n) is 13.8. The molecular weight excluding hydrogens is 300 g/mol. The first-order valence-corrected chi connectivity index (χ1v) is 8.16. The van der Waals surface area contributed by atoms with Crippen molar-refractivity contribution in [2.24, 2.45) is 5.73 Å². The molecule has 0 unspecified atom stereocenters. The van der Waals surface area contributed by atoms with Crippen LogP contribution in [0.25, 0.3) is 11.0 Å². The number of carbonyl (C=O) groups is 1. The van der Waals surface area contributed by atoms with Gasteiger partial charge in [-0.05, 0) is 30.2 Å². The number of aromatic nitrogens is 2. The largest absolute Gasteiger partial charge is 0.352 e. The third kappa shape index (κ3) is 4.00. The van der Waals surface area contributed by atoms with E-state index in [4.69, 9.17) is 5.73 Å². The first-order valence-electron chi connectivity index (χ1n) is 8.16. The molecule has 0 radical (unpaired) electrons. The third-order valence-corrected chi connectivity index (χ3v) is 4.02. The van der Waals surface area contributed by atoms with Crippen LogP contribution in [0.5, 0.6) is 0 Å². The molecule has 1 heterocycles. The van der Waals surface area contributed by atoms with Gasteiger partial charge in [0.15, 0.2) is 0 Å². The first kappa shape index (κ1) is 16.2. The number of hydrogen-bond acceptors (Lipinski definition) is 3. The number of hydrogen-bond donors (Lipinski definition) is 3. The lowest BCUT2D eigenvalue weighted by Crippen LogP contribution is -2.23. The van der Waals surface area contributed by atoms with E-state index in [1.54, 1.807) is 0 Å². The summed E-state index contributed by atoms with van der Waals surface area (Å²) >= 11 is 0. The van der Waals surface area contributed by atoms with Crippen LogP contribution in [0.15, 0.2) is 48.5 Å². The van der Waals surface area contributed by atoms with Crippen LogP contribution < -0.4 is 11.1 Å². The predicted octanol–water partition coefficient (Wildman–Crippen LogP) is 2.83. The summed E-state index contributed by atoms with van der Waals surface area (Å²) in [5.41, 5.74) is 9.92. The maximum Gasteiger partial charge on any atom is 0.220 e. The Morgan fingerprint density at radius 3 is 2.67 bits per heavy atom. The molecule has 24 heavy (non-hydrogen) atoms. The van der Waals surface area contributed by atoms with Gasteiger partial charge in [-0.1, -0.05) is 36.4 Å². The molecule has 0 aliphatic rings. The molecule has 0 saturated heterocycles. The van der Waals surface area contributed by atoms with Gasteiger partial charge >= 0.3 is 0 Å². The summed E-state index contributed by atoms with van der Waals surface area (Å²) in [5.74, 6) is 0.861. The number of fused-ring (bicyclic) bond motifs is 1. The van der Waals surface area contributed by atoms with Crippen molar-refractivity contribution in [2.45, 2.75) is 32.4 Å². The summed E-state index contributed by atoms with van der Waals surface area (Å²) in [7, 11) is 0. The molecule has 2 aromatic carbocycles. The van der Waals surface area contributed by atoms with Gasteiger partial charge in [0.25, 0.3) is 0 Å². The number of aryl methyl sites for hydroxylation is 1. The Kier molecular flexibility index (Phi) is 4.91. The van der Waals surface area contributed by atoms with Gasteiger partial charge in [0.1, 0.15) is 5.82 Å². The zero-order valence-corrected chi connectivity index (χ0v) is 13.8. The molecule has 1 atom stereocenters. The van der Waals surface area contributed by atoms with E-state index in [2.05, 4.69) is 15.3 Å². The second-order valence-electron chi connectivity index (χ2n) is 6.01. The number of H-pyrrole nitrogens is 1. The summed E-state index contributed by atoms with van der Waals surface area (Å²) in [6, 6.07) is 15.9. The fourth-order valence-corrected chi connectivity index (χ4v) is 2.58. The highest BCUT2D eigenvalue weighted by Crippen LogP contribution is 2.12. The number of benzene rings is 2. The Balaban J connectivity index is 1.48. The monoisotopic (exact) mass is 322 g/mol. The lowest BCUT2D eigenvalue weighted by Gasteiger charge is -2.08. The summed E-state index contributed by atoms with van der Waals surface area (Å²) < 4.78 is 0. The Morgan fingerprint density at radius 2 is 1.96 bits per heavy atom. The molecule has 3 aromatic rings. The minimum atomic E-state index is 0.0201. The maximum atomic E-state index is 12.0. The van der Waals surface area contributed by atoms with Gasteiger partial charge in [-0.3, -0.25) is 4.79 Å². The standard InChI is InChI=1S/C19H22N4O/c1-13(20)15-8-6-14(7-9-15)12-21-19(24)11-10-18-22-16-4-2-3-5-17(16)23-18/h2-9,13H,10-12,20H2,1H3,(H,21,24)(H,22,23)/t13-/m1/s1. The summed E-state index contributed by atoms with van der Waals surface area (Å²) in [6.45, 7) is 2.48. The molecule has 0 bridgehead atoms. The van der Waals surface area contributed by atoms with Crippen LogP contribution in [0.2, 0.25) is 0 Å². The molecule has 5 nitrogen and oxygen atoms in total. The van der Waals surface area contributed by atoms with Crippen molar-refractivity contribution in [3.63, 3.8) is 0 Å². The highest BCUT2D eigenvalue weighted by Gasteiger charge is 2.06. The van der Waals surface area contributed by atoms with Crippen LogP contribution in [0.3, 0.4) is 0 Å². The van der Waals surface area contributed by atoms with Gasteiger partial charge in [0, 0.05) is 25.4 Å². The number of nitrogens with zero attached hydrogens (tertiary/aromatic N) is 1. The first-order chi connectivity index (χ1) is 11.6. The number of nitrogens with one attached hydrogen (secondary N) is 2. The smallest absolute Gasteiger partial charge is 0.220 e. The topological polar surface area (TPSA) is 83.8 Å². The van der Waals surface area contributed by atoms with Crippen molar-refractivity contribution in [1.82, 2.24) is 15.3 Å². The molecule has 0 spiro atoms. The Morgan fingerprint density at radius 1 is 1.21 bits per heavy atom. The van der Waals surface area contributed by atoms with E-state index in [1.165, 1.54) is 0 Å². The van der Waals surface area contributed by atoms with Gasteiger partial charge < -0.3 is 16.0 Å². The molecular formula is C19H22N4O. The third-order valence-electron chi connectivity index (χ3n) is 4.02. The van der Waals surface area contributed by atoms with Crippen molar-refractivity contribution in [3.8, 4) is 0 Å². The normalized spacial score (nSPS) is 12.2. The second kappa shape index (κ2) is 7.27. The van der Waals surface area contributed by atoms with Crippen molar-refractivity contribution in [2.75, 3.05) is 0 Å². The second-order valence-corrected chi connectivity index (χ2v) is 6.01. The summed E-state index contributed by atoms with van der Waals surface area (Å²) in [5, 5.41) is 2.94. The van der Waals surface area contributed by atoms with E-state index in [-0.39, 0.29) is 11.9 Å². The lowest BCUT2D eigenvalue weighted by molar-refractivity contribution is -0.121. The fraction of sp³-hybridized carbons (Fsp3) is 0.263. The maximum absolute atomic E-state index is 12.0. The van der Waals surface area contributed by atoms with E-state index < -0.39 is 0 Å². The molecule has 4 N–H and O–H groups in total. The van der Waals surface area contributed by atoms with E-state index in [1.807, 2.05) is 55.5 Å². The molecule has 1 aromatic heterocycles. The molecule has 0 aliphatic carbocycles. The van der Waals surface area contributed by atoms with Gasteiger partial charge in [-0.2, -0.15) is 0 Å². The Hall–Kier alpha value is -2.66. The van der Waals surface area contributed by atoms with Crippen LogP contribution in [0, 0.1) is 0 Å². The van der Waals surface area contributed by atoms with Crippen LogP contribution in [-0.2, 0) is 17.8 Å². The number of imidazole rings is 1. The van der Waals surface area contributed by atoms with Gasteiger partial charge in [0.2, 0.25) is 5.91 Å². The number of nitrogens with two attached hydrogens (primary N) is 1. The molecule has 124 valence electrons. The lowest BCUT2D eigenvalue weighted by atomic mass is 10.1. The predicted molar refractivity (Wildman–Crippen MR) is 95.3 cm³/mol. The molecule has 0 aliphatic heterocycles. The summed E-state index contributed by atoms with van der Waals surface area (Å²) in [6.07, 6.45) is 1.02. The van der Waals surface area contributed by atoms with E-state index >= 15 is 0 Å². The van der Waals surface area contributed by atoms with Crippen molar-refractivity contribution < 1.29 is 4.79 Å². The number of rotatable bonds is 6. The molecule has 3 rings (SSSR count). The minimum absolute atomic E-state index is 0.0201. The quantitative estimate of drug-likeness (QED) is 0.652. The number of aromatic amines is 1. The van der Waals surface area contributed by atoms with E-state index in [9.17, 15) is 4.79 Å². The highest BCUT2D eigenvalue weighted by molar-refractivity contribution is 5.77. The van der Waals surface area contributed by atoms with Crippen LogP contribution in [0.1, 0.15) is 36.3 Å². The van der Waals surface area contributed by atoms with E-state index in [0.29, 0.717) is 19.4 Å². The molecule has 5 heteroatoms. The minimum Gasteiger partial charge on any atom is -0.352 e. The van der Waals surface area contributed by atoms with Crippen molar-refractivity contribution in [1.29, 1.82) is 0 Å². The average molecular weight is 322 g/mol. The number of amides is 1. The number of para-hydroxylation sites is 2. The van der Waals surface area contributed by atoms with Crippen LogP contribution >= 0.6 is 0 Å². The molecule has 0 saturated carbocycles. The Labute approximate surface area is 141 Å². The highest BCUT2D eigenvalue weighted by atomic mass is 16.1. The van der Waals surface area contributed by atoms with Crippen molar-refractivity contribution in [3.05, 3.63) is 65.5 Å². The molecule has 1 amide bonds. The number of carbonyl (C=O) groups excluding carboxylic acids is 1. The van der Waals surface area contributed by atoms with E-state index in [0.717, 1.165) is 28.0 Å². The van der Waals surface area contributed by atoms with Gasteiger partial charge in [-0.15, -0.1) is 0 Å². The average Bonchev–Trinajstić information content (AvgIpc) is 3.01. The summed E-state index contributed by atoms with van der Waals surface area (Å²) in [4.78, 5) is 19.7. The Bertz CT molecular complexity index is 788. The van der Waals surface area contributed by atoms with Crippen LogP contribution in [-0.4, -0.2) is 15.9 Å². The van der Waals surface area contributed by atoms with Gasteiger partial charge in [-0.25, -0.2) is 4.98 Å². The zero-order chi connectivity index (χ0) is 16.9. The SMILES string of the molecule is C[C@@H](N)c1ccc(CNC(=O)CCc2nc3ccccc3[nH]2)cc1. The van der Waals surface area contributed by atoms with Gasteiger partial charge in [0.05, 0.1) is 11.0 Å². The van der Waals surface area contributed by atoms with Crippen molar-refractivity contribution >= 4 is 16.9 Å². The fourth-order valence-electron chi connectivity index (χ4n) is 2.58. The molecule has 0 fully saturated rings. The van der Waals surface area contributed by atoms with Crippen LogP contribution in [0.4, 0.5) is 0 Å².